The molecule has 1 aliphatic rings. The maximum absolute atomic E-state index is 4.41. The van der Waals surface area contributed by atoms with Crippen molar-refractivity contribution in [2.24, 2.45) is 0 Å². The molecule has 2 aromatic heterocycles. The van der Waals surface area contributed by atoms with E-state index in [0.717, 1.165) is 28.9 Å². The van der Waals surface area contributed by atoms with Crippen LogP contribution in [0.3, 0.4) is 0 Å². The van der Waals surface area contributed by atoms with Crippen LogP contribution in [-0.4, -0.2) is 9.97 Å². The van der Waals surface area contributed by atoms with Gasteiger partial charge in [-0.3, -0.25) is 0 Å². The molecule has 0 aliphatic heterocycles. The van der Waals surface area contributed by atoms with Crippen molar-refractivity contribution in [2.75, 3.05) is 5.32 Å². The molecule has 1 saturated carbocycles. The molecule has 94 valence electrons. The van der Waals surface area contributed by atoms with Gasteiger partial charge in [-0.05, 0) is 29.9 Å². The summed E-state index contributed by atoms with van der Waals surface area (Å²) in [6, 6.07) is 12.7. The highest BCUT2D eigenvalue weighted by atomic mass is 32.1. The van der Waals surface area contributed by atoms with Gasteiger partial charge in [0.15, 0.2) is 0 Å². The lowest BCUT2D eigenvalue weighted by molar-refractivity contribution is 0.802. The van der Waals surface area contributed by atoms with Crippen LogP contribution in [0, 0.1) is 0 Å². The van der Waals surface area contributed by atoms with E-state index in [1.165, 1.54) is 5.56 Å². The normalized spacial score (nSPS) is 16.4. The van der Waals surface area contributed by atoms with Gasteiger partial charge in [-0.25, -0.2) is 9.97 Å². The van der Waals surface area contributed by atoms with Gasteiger partial charge in [-0.2, -0.15) is 0 Å². The minimum atomic E-state index is 0.0739. The summed E-state index contributed by atoms with van der Waals surface area (Å²) in [5.41, 5.74) is 1.42. The Morgan fingerprint density at radius 1 is 1.05 bits per heavy atom. The molecule has 1 fully saturated rings. The zero-order chi connectivity index (χ0) is 12.7. The molecule has 4 rings (SSSR count). The Bertz CT molecular complexity index is 716. The van der Waals surface area contributed by atoms with Crippen LogP contribution in [0.2, 0.25) is 0 Å². The second-order valence-electron chi connectivity index (χ2n) is 4.93. The first-order chi connectivity index (χ1) is 9.37. The van der Waals surface area contributed by atoms with E-state index in [9.17, 15) is 0 Å². The number of fused-ring (bicyclic) bond motifs is 1. The van der Waals surface area contributed by atoms with Crippen molar-refractivity contribution in [1.29, 1.82) is 0 Å². The van der Waals surface area contributed by atoms with Crippen molar-refractivity contribution in [3.05, 3.63) is 53.7 Å². The molecule has 0 radical (unpaired) electrons. The van der Waals surface area contributed by atoms with Crippen molar-refractivity contribution < 1.29 is 0 Å². The molecular formula is C15H13N3S. The van der Waals surface area contributed by atoms with E-state index in [0.29, 0.717) is 0 Å². The van der Waals surface area contributed by atoms with E-state index < -0.39 is 0 Å². The number of aromatic nitrogens is 2. The molecule has 3 nitrogen and oxygen atoms in total. The largest absolute Gasteiger partial charge is 0.360 e. The van der Waals surface area contributed by atoms with Gasteiger partial charge in [-0.15, -0.1) is 11.3 Å². The molecule has 0 unspecified atom stereocenters. The molecule has 3 aromatic rings. The van der Waals surface area contributed by atoms with Crippen molar-refractivity contribution in [2.45, 2.75) is 18.4 Å². The van der Waals surface area contributed by atoms with Crippen molar-refractivity contribution >= 4 is 27.4 Å². The Labute approximate surface area is 115 Å². The molecule has 19 heavy (non-hydrogen) atoms. The first kappa shape index (κ1) is 10.9. The van der Waals surface area contributed by atoms with Crippen molar-refractivity contribution in [1.82, 2.24) is 9.97 Å². The van der Waals surface area contributed by atoms with E-state index in [-0.39, 0.29) is 5.54 Å². The van der Waals surface area contributed by atoms with E-state index in [2.05, 4.69) is 57.1 Å². The van der Waals surface area contributed by atoms with Gasteiger partial charge < -0.3 is 5.32 Å². The second-order valence-corrected chi connectivity index (χ2v) is 5.83. The van der Waals surface area contributed by atoms with Crippen LogP contribution in [0.5, 0.6) is 0 Å². The lowest BCUT2D eigenvalue weighted by atomic mass is 10.1. The van der Waals surface area contributed by atoms with Crippen LogP contribution in [0.1, 0.15) is 18.4 Å². The Hall–Kier alpha value is -1.94. The Kier molecular flexibility index (Phi) is 2.32. The molecule has 0 saturated heterocycles. The van der Waals surface area contributed by atoms with Gasteiger partial charge in [0.05, 0.1) is 10.9 Å². The van der Waals surface area contributed by atoms with Crippen LogP contribution in [0.15, 0.2) is 48.1 Å². The van der Waals surface area contributed by atoms with Crippen LogP contribution in [0.25, 0.3) is 10.2 Å². The zero-order valence-corrected chi connectivity index (χ0v) is 11.2. The van der Waals surface area contributed by atoms with E-state index >= 15 is 0 Å². The molecule has 0 bridgehead atoms. The predicted octanol–water partition coefficient (Wildman–Crippen LogP) is 3.79. The maximum atomic E-state index is 4.41. The molecule has 1 aliphatic carbocycles. The fourth-order valence-corrected chi connectivity index (χ4v) is 3.22. The SMILES string of the molecule is c1ccc(C2(Nc3ncnc4sccc34)CC2)cc1. The molecular weight excluding hydrogens is 254 g/mol. The number of nitrogens with one attached hydrogen (secondary N) is 1. The number of benzene rings is 1. The van der Waals surface area contributed by atoms with Gasteiger partial charge >= 0.3 is 0 Å². The van der Waals surface area contributed by atoms with Gasteiger partial charge in [0.1, 0.15) is 17.0 Å². The lowest BCUT2D eigenvalue weighted by Crippen LogP contribution is -2.19. The van der Waals surface area contributed by atoms with Crippen LogP contribution >= 0.6 is 11.3 Å². The van der Waals surface area contributed by atoms with Gasteiger partial charge in [0, 0.05) is 0 Å². The molecule has 0 atom stereocenters. The minimum absolute atomic E-state index is 0.0739. The van der Waals surface area contributed by atoms with Crippen LogP contribution < -0.4 is 5.32 Å². The smallest absolute Gasteiger partial charge is 0.138 e. The van der Waals surface area contributed by atoms with Crippen molar-refractivity contribution in [3.8, 4) is 0 Å². The monoisotopic (exact) mass is 267 g/mol. The zero-order valence-electron chi connectivity index (χ0n) is 10.3. The van der Waals surface area contributed by atoms with Crippen LogP contribution in [0.4, 0.5) is 5.82 Å². The molecule has 0 amide bonds. The standard InChI is InChI=1S/C15H13N3S/c1-2-4-11(5-3-1)15(7-8-15)18-13-12-6-9-19-14(12)17-10-16-13/h1-6,9-10H,7-8H2,(H,16,17,18). The molecule has 1 aromatic carbocycles. The highest BCUT2D eigenvalue weighted by Gasteiger charge is 2.44. The number of nitrogens with zero attached hydrogens (tertiary/aromatic N) is 2. The summed E-state index contributed by atoms with van der Waals surface area (Å²) in [4.78, 5) is 9.75. The first-order valence-electron chi connectivity index (χ1n) is 6.39. The lowest BCUT2D eigenvalue weighted by Gasteiger charge is -2.18. The summed E-state index contributed by atoms with van der Waals surface area (Å²) in [7, 11) is 0. The topological polar surface area (TPSA) is 37.8 Å². The molecule has 4 heteroatoms. The summed E-state index contributed by atoms with van der Waals surface area (Å²) < 4.78 is 0. The first-order valence-corrected chi connectivity index (χ1v) is 7.27. The number of hydrogen-bond donors (Lipinski definition) is 1. The second kappa shape index (κ2) is 4.03. The number of anilines is 1. The van der Waals surface area contributed by atoms with Gasteiger partial charge in [0.2, 0.25) is 0 Å². The van der Waals surface area contributed by atoms with E-state index in [1.807, 2.05) is 0 Å². The average Bonchev–Trinajstić information content (AvgIpc) is 3.08. The van der Waals surface area contributed by atoms with E-state index in [4.69, 9.17) is 0 Å². The number of rotatable bonds is 3. The highest BCUT2D eigenvalue weighted by molar-refractivity contribution is 7.16. The fourth-order valence-electron chi connectivity index (χ4n) is 2.48. The summed E-state index contributed by atoms with van der Waals surface area (Å²) in [6.07, 6.45) is 3.96. The quantitative estimate of drug-likeness (QED) is 0.784. The summed E-state index contributed by atoms with van der Waals surface area (Å²) >= 11 is 1.65. The summed E-state index contributed by atoms with van der Waals surface area (Å²) in [5, 5.41) is 6.81. The molecule has 1 N–H and O–H groups in total. The average molecular weight is 267 g/mol. The van der Waals surface area contributed by atoms with Gasteiger partial charge in [0.25, 0.3) is 0 Å². The molecule has 2 heterocycles. The summed E-state index contributed by atoms with van der Waals surface area (Å²) in [5.74, 6) is 0.951. The third-order valence-corrected chi connectivity index (χ3v) is 4.52. The Balaban J connectivity index is 1.74. The maximum Gasteiger partial charge on any atom is 0.138 e. The Morgan fingerprint density at radius 3 is 2.68 bits per heavy atom. The van der Waals surface area contributed by atoms with Crippen LogP contribution in [-0.2, 0) is 5.54 Å². The third kappa shape index (κ3) is 1.79. The predicted molar refractivity (Wildman–Crippen MR) is 78.4 cm³/mol. The Morgan fingerprint density at radius 2 is 1.89 bits per heavy atom. The minimum Gasteiger partial charge on any atom is -0.360 e. The van der Waals surface area contributed by atoms with E-state index in [1.54, 1.807) is 17.7 Å². The molecule has 0 spiro atoms. The third-order valence-electron chi connectivity index (χ3n) is 3.70. The summed E-state index contributed by atoms with van der Waals surface area (Å²) in [6.45, 7) is 0. The number of hydrogen-bond acceptors (Lipinski definition) is 4. The van der Waals surface area contributed by atoms with Crippen molar-refractivity contribution in [3.63, 3.8) is 0 Å². The highest BCUT2D eigenvalue weighted by Crippen LogP contribution is 2.48. The van der Waals surface area contributed by atoms with Gasteiger partial charge in [-0.1, -0.05) is 30.3 Å². The fraction of sp³-hybridized carbons (Fsp3) is 0.200. The number of thiophene rings is 1.